The van der Waals surface area contributed by atoms with Crippen molar-refractivity contribution in [3.8, 4) is 11.5 Å². The van der Waals surface area contributed by atoms with Crippen LogP contribution in [-0.2, 0) is 9.59 Å². The third-order valence-corrected chi connectivity index (χ3v) is 3.85. The Morgan fingerprint density at radius 1 is 1.00 bits per heavy atom. The molecule has 28 heavy (non-hydrogen) atoms. The van der Waals surface area contributed by atoms with Crippen LogP contribution in [0.2, 0.25) is 0 Å². The normalized spacial score (nSPS) is 10.9. The van der Waals surface area contributed by atoms with E-state index in [-0.39, 0.29) is 24.6 Å². The first kappa shape index (κ1) is 20.9. The molecule has 8 heteroatoms. The van der Waals surface area contributed by atoms with Gasteiger partial charge >= 0.3 is 0 Å². The number of benzene rings is 2. The summed E-state index contributed by atoms with van der Waals surface area (Å²) >= 11 is 0. The number of methoxy groups -OCH3 is 2. The zero-order chi connectivity index (χ0) is 20.5. The highest BCUT2D eigenvalue weighted by molar-refractivity contribution is 6.02. The highest BCUT2D eigenvalue weighted by Gasteiger charge is 2.10. The maximum Gasteiger partial charge on any atom is 0.240 e. The second-order valence-corrected chi connectivity index (χ2v) is 5.85. The van der Waals surface area contributed by atoms with Gasteiger partial charge in [-0.2, -0.15) is 5.10 Å². The third kappa shape index (κ3) is 6.08. The Balaban J connectivity index is 1.87. The molecule has 0 aliphatic rings. The quantitative estimate of drug-likeness (QED) is 0.538. The number of rotatable bonds is 8. The van der Waals surface area contributed by atoms with E-state index in [1.807, 2.05) is 0 Å². The maximum absolute atomic E-state index is 12.8. The third-order valence-electron chi connectivity index (χ3n) is 3.85. The molecule has 0 spiro atoms. The van der Waals surface area contributed by atoms with Crippen molar-refractivity contribution in [2.24, 2.45) is 5.10 Å². The van der Waals surface area contributed by atoms with Crippen molar-refractivity contribution in [1.82, 2.24) is 5.43 Å². The van der Waals surface area contributed by atoms with Crippen molar-refractivity contribution in [2.45, 2.75) is 19.8 Å². The lowest BCUT2D eigenvalue weighted by molar-refractivity contribution is -0.124. The van der Waals surface area contributed by atoms with E-state index in [0.29, 0.717) is 28.5 Å². The molecule has 0 saturated heterocycles. The van der Waals surface area contributed by atoms with Gasteiger partial charge in [-0.3, -0.25) is 9.59 Å². The number of carbonyl (C=O) groups excluding carboxylic acids is 2. The fraction of sp³-hybridized carbons (Fsp3) is 0.250. The monoisotopic (exact) mass is 387 g/mol. The second-order valence-electron chi connectivity index (χ2n) is 5.85. The lowest BCUT2D eigenvalue weighted by Crippen LogP contribution is -2.21. The zero-order valence-corrected chi connectivity index (χ0v) is 15.9. The minimum absolute atomic E-state index is 0.0242. The molecule has 2 aromatic rings. The number of hydrazone groups is 1. The second kappa shape index (κ2) is 10.1. The minimum atomic E-state index is -0.402. The van der Waals surface area contributed by atoms with Gasteiger partial charge in [0.05, 0.1) is 19.9 Å². The first-order valence-electron chi connectivity index (χ1n) is 8.54. The van der Waals surface area contributed by atoms with E-state index in [9.17, 15) is 14.0 Å². The molecule has 2 N–H and O–H groups in total. The summed E-state index contributed by atoms with van der Waals surface area (Å²) in [6.45, 7) is 1.73. The van der Waals surface area contributed by atoms with Crippen molar-refractivity contribution >= 4 is 23.2 Å². The fourth-order valence-electron chi connectivity index (χ4n) is 2.34. The van der Waals surface area contributed by atoms with Gasteiger partial charge in [0.1, 0.15) is 17.3 Å². The molecule has 2 amide bonds. The van der Waals surface area contributed by atoms with E-state index >= 15 is 0 Å². The number of amides is 2. The van der Waals surface area contributed by atoms with E-state index in [2.05, 4.69) is 15.8 Å². The topological polar surface area (TPSA) is 89.0 Å². The molecular formula is C20H22FN3O4. The summed E-state index contributed by atoms with van der Waals surface area (Å²) in [7, 11) is 3.09. The number of hydrogen-bond donors (Lipinski definition) is 2. The lowest BCUT2D eigenvalue weighted by Gasteiger charge is -2.10. The molecule has 0 heterocycles. The molecule has 0 aliphatic carbocycles. The average molecular weight is 387 g/mol. The number of ether oxygens (including phenoxy) is 2. The summed E-state index contributed by atoms with van der Waals surface area (Å²) < 4.78 is 23.3. The predicted molar refractivity (Wildman–Crippen MR) is 104 cm³/mol. The number of anilines is 1. The highest BCUT2D eigenvalue weighted by atomic mass is 19.1. The Kier molecular flexibility index (Phi) is 7.50. The molecular weight excluding hydrogens is 365 g/mol. The molecule has 0 atom stereocenters. The van der Waals surface area contributed by atoms with Crippen LogP contribution < -0.4 is 20.2 Å². The van der Waals surface area contributed by atoms with Gasteiger partial charge < -0.3 is 14.8 Å². The largest absolute Gasteiger partial charge is 0.497 e. The zero-order valence-electron chi connectivity index (χ0n) is 15.9. The summed E-state index contributed by atoms with van der Waals surface area (Å²) in [6, 6.07) is 10.6. The Labute approximate surface area is 162 Å². The smallest absolute Gasteiger partial charge is 0.240 e. The van der Waals surface area contributed by atoms with E-state index in [1.54, 1.807) is 32.2 Å². The van der Waals surface area contributed by atoms with Crippen molar-refractivity contribution in [3.05, 3.63) is 53.8 Å². The van der Waals surface area contributed by atoms with Gasteiger partial charge in [-0.15, -0.1) is 0 Å². The van der Waals surface area contributed by atoms with Gasteiger partial charge in [0.2, 0.25) is 11.8 Å². The minimum Gasteiger partial charge on any atom is -0.497 e. The van der Waals surface area contributed by atoms with E-state index in [4.69, 9.17) is 9.47 Å². The van der Waals surface area contributed by atoms with Crippen molar-refractivity contribution < 1.29 is 23.5 Å². The van der Waals surface area contributed by atoms with E-state index in [1.165, 1.54) is 31.4 Å². The SMILES string of the molecule is COc1ccc(/C(C)=N/NC(=O)CCC(=O)Nc2ccc(F)cc2)c(OC)c1. The summed E-state index contributed by atoms with van der Waals surface area (Å²) in [5.74, 6) is 0.0672. The molecule has 0 radical (unpaired) electrons. The van der Waals surface area contributed by atoms with Crippen molar-refractivity contribution in [1.29, 1.82) is 0 Å². The number of hydrogen-bond acceptors (Lipinski definition) is 5. The van der Waals surface area contributed by atoms with Crippen LogP contribution in [0.5, 0.6) is 11.5 Å². The van der Waals surface area contributed by atoms with Crippen LogP contribution in [0.4, 0.5) is 10.1 Å². The highest BCUT2D eigenvalue weighted by Crippen LogP contribution is 2.25. The molecule has 148 valence electrons. The predicted octanol–water partition coefficient (Wildman–Crippen LogP) is 3.10. The fourth-order valence-corrected chi connectivity index (χ4v) is 2.34. The number of nitrogens with one attached hydrogen (secondary N) is 2. The van der Waals surface area contributed by atoms with Crippen molar-refractivity contribution in [3.63, 3.8) is 0 Å². The first-order valence-corrected chi connectivity index (χ1v) is 8.54. The molecule has 0 aromatic heterocycles. The first-order chi connectivity index (χ1) is 13.4. The number of halogens is 1. The van der Waals surface area contributed by atoms with Crippen LogP contribution >= 0.6 is 0 Å². The van der Waals surface area contributed by atoms with Crippen LogP contribution in [0, 0.1) is 5.82 Å². The summed E-state index contributed by atoms with van der Waals surface area (Å²) in [6.07, 6.45) is -0.0623. The van der Waals surface area contributed by atoms with Crippen molar-refractivity contribution in [2.75, 3.05) is 19.5 Å². The maximum atomic E-state index is 12.8. The molecule has 2 rings (SSSR count). The molecule has 0 saturated carbocycles. The van der Waals surface area contributed by atoms with E-state index in [0.717, 1.165) is 0 Å². The summed E-state index contributed by atoms with van der Waals surface area (Å²) in [5.41, 5.74) is 4.14. The van der Waals surface area contributed by atoms with Gasteiger partial charge in [0.15, 0.2) is 0 Å². The lowest BCUT2D eigenvalue weighted by atomic mass is 10.1. The van der Waals surface area contributed by atoms with E-state index < -0.39 is 5.91 Å². The van der Waals surface area contributed by atoms with Crippen LogP contribution in [0.15, 0.2) is 47.6 Å². The average Bonchev–Trinajstić information content (AvgIpc) is 2.71. The molecule has 0 aliphatic heterocycles. The Bertz CT molecular complexity index is 866. The Morgan fingerprint density at radius 2 is 1.68 bits per heavy atom. The summed E-state index contributed by atoms with van der Waals surface area (Å²) in [5, 5.41) is 6.64. The molecule has 0 bridgehead atoms. The van der Waals surface area contributed by atoms with Crippen LogP contribution in [-0.4, -0.2) is 31.7 Å². The summed E-state index contributed by atoms with van der Waals surface area (Å²) in [4.78, 5) is 23.8. The van der Waals surface area contributed by atoms with Gasteiger partial charge in [0, 0.05) is 30.2 Å². The van der Waals surface area contributed by atoms with Gasteiger partial charge in [0.25, 0.3) is 0 Å². The number of nitrogens with zero attached hydrogens (tertiary/aromatic N) is 1. The van der Waals surface area contributed by atoms with Gasteiger partial charge in [-0.1, -0.05) is 0 Å². The van der Waals surface area contributed by atoms with Crippen LogP contribution in [0.1, 0.15) is 25.3 Å². The van der Waals surface area contributed by atoms with Gasteiger partial charge in [-0.05, 0) is 43.3 Å². The molecule has 7 nitrogen and oxygen atoms in total. The Hall–Kier alpha value is -3.42. The standard InChI is InChI=1S/C20H22FN3O4/c1-13(17-9-8-16(27-2)12-18(17)28-3)23-24-20(26)11-10-19(25)22-15-6-4-14(21)5-7-15/h4-9,12H,10-11H2,1-3H3,(H,22,25)(H,24,26)/b23-13+. The van der Waals surface area contributed by atoms with Gasteiger partial charge in [-0.25, -0.2) is 9.82 Å². The molecule has 0 unspecified atom stereocenters. The molecule has 0 fully saturated rings. The van der Waals surface area contributed by atoms with Crippen LogP contribution in [0.25, 0.3) is 0 Å². The Morgan fingerprint density at radius 3 is 2.32 bits per heavy atom. The van der Waals surface area contributed by atoms with Crippen LogP contribution in [0.3, 0.4) is 0 Å². The molecule has 2 aromatic carbocycles. The number of carbonyl (C=O) groups is 2.